The first-order valence-corrected chi connectivity index (χ1v) is 6.57. The van der Waals surface area contributed by atoms with Crippen molar-refractivity contribution in [2.24, 2.45) is 0 Å². The van der Waals surface area contributed by atoms with Crippen LogP contribution in [0.3, 0.4) is 0 Å². The lowest BCUT2D eigenvalue weighted by Crippen LogP contribution is -2.20. The second kappa shape index (κ2) is 6.91. The number of aromatic nitrogens is 1. The van der Waals surface area contributed by atoms with E-state index in [9.17, 15) is 0 Å². The summed E-state index contributed by atoms with van der Waals surface area (Å²) in [6.07, 6.45) is 2.63. The van der Waals surface area contributed by atoms with E-state index in [2.05, 4.69) is 22.4 Å². The molecule has 20 heavy (non-hydrogen) atoms. The Balaban J connectivity index is 2.19. The molecule has 0 spiro atoms. The van der Waals surface area contributed by atoms with Crippen molar-refractivity contribution in [1.29, 1.82) is 0 Å². The monoisotopic (exact) mass is 272 g/mol. The van der Waals surface area contributed by atoms with Gasteiger partial charge in [-0.1, -0.05) is 12.1 Å². The van der Waals surface area contributed by atoms with Gasteiger partial charge >= 0.3 is 0 Å². The third-order valence-corrected chi connectivity index (χ3v) is 3.30. The lowest BCUT2D eigenvalue weighted by atomic mass is 10.0. The number of nitrogens with zero attached hydrogens (tertiary/aromatic N) is 1. The van der Waals surface area contributed by atoms with Gasteiger partial charge in [0.25, 0.3) is 0 Å². The van der Waals surface area contributed by atoms with Gasteiger partial charge in [0.2, 0.25) is 0 Å². The lowest BCUT2D eigenvalue weighted by Gasteiger charge is -2.18. The van der Waals surface area contributed by atoms with E-state index in [0.717, 1.165) is 23.6 Å². The van der Waals surface area contributed by atoms with Crippen molar-refractivity contribution in [1.82, 2.24) is 10.3 Å². The summed E-state index contributed by atoms with van der Waals surface area (Å²) >= 11 is 0. The van der Waals surface area contributed by atoms with Gasteiger partial charge in [-0.2, -0.15) is 0 Å². The molecule has 2 rings (SSSR count). The SMILES string of the molecule is CNC(Cc1ccc(OC)cc1)c1ncccc1OC. The van der Waals surface area contributed by atoms with Crippen LogP contribution < -0.4 is 14.8 Å². The molecule has 0 amide bonds. The van der Waals surface area contributed by atoms with Gasteiger partial charge in [-0.15, -0.1) is 0 Å². The van der Waals surface area contributed by atoms with Crippen LogP contribution in [0.5, 0.6) is 11.5 Å². The lowest BCUT2D eigenvalue weighted by molar-refractivity contribution is 0.396. The van der Waals surface area contributed by atoms with Crippen molar-refractivity contribution in [2.45, 2.75) is 12.5 Å². The normalized spacial score (nSPS) is 11.9. The van der Waals surface area contributed by atoms with E-state index in [1.807, 2.05) is 31.3 Å². The van der Waals surface area contributed by atoms with Crippen molar-refractivity contribution in [3.8, 4) is 11.5 Å². The van der Waals surface area contributed by atoms with E-state index >= 15 is 0 Å². The summed E-state index contributed by atoms with van der Waals surface area (Å²) in [4.78, 5) is 4.44. The number of hydrogen-bond donors (Lipinski definition) is 1. The topological polar surface area (TPSA) is 43.4 Å². The fraction of sp³-hybridized carbons (Fsp3) is 0.312. The number of ether oxygens (including phenoxy) is 2. The first-order valence-electron chi connectivity index (χ1n) is 6.57. The molecule has 0 aliphatic rings. The molecule has 0 bridgehead atoms. The fourth-order valence-electron chi connectivity index (χ4n) is 2.17. The van der Waals surface area contributed by atoms with Gasteiger partial charge < -0.3 is 14.8 Å². The van der Waals surface area contributed by atoms with E-state index in [0.29, 0.717) is 0 Å². The van der Waals surface area contributed by atoms with Crippen LogP contribution in [-0.4, -0.2) is 26.3 Å². The number of benzene rings is 1. The summed E-state index contributed by atoms with van der Waals surface area (Å²) in [5.41, 5.74) is 2.14. The Labute approximate surface area is 119 Å². The molecule has 1 atom stereocenters. The first-order chi connectivity index (χ1) is 9.78. The van der Waals surface area contributed by atoms with E-state index in [-0.39, 0.29) is 6.04 Å². The smallest absolute Gasteiger partial charge is 0.141 e. The zero-order chi connectivity index (χ0) is 14.4. The molecule has 2 aromatic rings. The number of hydrogen-bond acceptors (Lipinski definition) is 4. The first kappa shape index (κ1) is 14.3. The van der Waals surface area contributed by atoms with Crippen molar-refractivity contribution in [3.63, 3.8) is 0 Å². The van der Waals surface area contributed by atoms with Crippen LogP contribution in [0.2, 0.25) is 0 Å². The predicted octanol–water partition coefficient (Wildman–Crippen LogP) is 2.60. The zero-order valence-electron chi connectivity index (χ0n) is 12.1. The van der Waals surface area contributed by atoms with E-state index < -0.39 is 0 Å². The molecule has 1 aromatic heterocycles. The van der Waals surface area contributed by atoms with Crippen molar-refractivity contribution >= 4 is 0 Å². The molecule has 0 aliphatic carbocycles. The molecular weight excluding hydrogens is 252 g/mol. The second-order valence-corrected chi connectivity index (χ2v) is 4.48. The molecule has 4 heteroatoms. The van der Waals surface area contributed by atoms with Gasteiger partial charge in [-0.05, 0) is 43.3 Å². The Morgan fingerprint density at radius 3 is 2.45 bits per heavy atom. The maximum absolute atomic E-state index is 5.38. The highest BCUT2D eigenvalue weighted by Crippen LogP contribution is 2.25. The van der Waals surface area contributed by atoms with Crippen molar-refractivity contribution in [2.75, 3.05) is 21.3 Å². The molecule has 1 heterocycles. The van der Waals surface area contributed by atoms with Gasteiger partial charge in [-0.25, -0.2) is 0 Å². The third-order valence-electron chi connectivity index (χ3n) is 3.30. The number of likely N-dealkylation sites (N-methyl/N-ethyl adjacent to an activating group) is 1. The largest absolute Gasteiger partial charge is 0.497 e. The summed E-state index contributed by atoms with van der Waals surface area (Å²) in [5, 5.41) is 3.30. The molecule has 1 unspecified atom stereocenters. The van der Waals surface area contributed by atoms with Crippen LogP contribution in [0.4, 0.5) is 0 Å². The van der Waals surface area contributed by atoms with E-state index in [1.54, 1.807) is 20.4 Å². The average Bonchev–Trinajstić information content (AvgIpc) is 2.53. The van der Waals surface area contributed by atoms with Gasteiger partial charge in [0.05, 0.1) is 26.0 Å². The Bertz CT molecular complexity index is 540. The summed E-state index contributed by atoms with van der Waals surface area (Å²) in [5.74, 6) is 1.67. The maximum atomic E-state index is 5.38. The van der Waals surface area contributed by atoms with Gasteiger partial charge in [-0.3, -0.25) is 4.98 Å². The van der Waals surface area contributed by atoms with Crippen LogP contribution in [-0.2, 0) is 6.42 Å². The second-order valence-electron chi connectivity index (χ2n) is 4.48. The number of pyridine rings is 1. The van der Waals surface area contributed by atoms with Crippen LogP contribution in [0, 0.1) is 0 Å². The van der Waals surface area contributed by atoms with Gasteiger partial charge in [0.1, 0.15) is 11.5 Å². The number of rotatable bonds is 6. The Morgan fingerprint density at radius 2 is 1.85 bits per heavy atom. The minimum atomic E-state index is 0.111. The molecule has 4 nitrogen and oxygen atoms in total. The predicted molar refractivity (Wildman–Crippen MR) is 79.3 cm³/mol. The molecular formula is C16H20N2O2. The van der Waals surface area contributed by atoms with Gasteiger partial charge in [0, 0.05) is 6.20 Å². The molecule has 0 saturated heterocycles. The van der Waals surface area contributed by atoms with Crippen LogP contribution in [0.1, 0.15) is 17.3 Å². The molecule has 1 N–H and O–H groups in total. The molecule has 106 valence electrons. The fourth-order valence-corrected chi connectivity index (χ4v) is 2.17. The molecule has 1 aromatic carbocycles. The quantitative estimate of drug-likeness (QED) is 0.878. The highest BCUT2D eigenvalue weighted by Gasteiger charge is 2.16. The summed E-state index contributed by atoms with van der Waals surface area (Å²) in [6, 6.07) is 12.0. The Morgan fingerprint density at radius 1 is 1.10 bits per heavy atom. The average molecular weight is 272 g/mol. The minimum Gasteiger partial charge on any atom is -0.497 e. The maximum Gasteiger partial charge on any atom is 0.141 e. The molecule has 0 aliphatic heterocycles. The van der Waals surface area contributed by atoms with Crippen LogP contribution in [0.25, 0.3) is 0 Å². The van der Waals surface area contributed by atoms with Crippen molar-refractivity contribution < 1.29 is 9.47 Å². The molecule has 0 radical (unpaired) electrons. The summed E-state index contributed by atoms with van der Waals surface area (Å²) in [7, 11) is 5.27. The minimum absolute atomic E-state index is 0.111. The van der Waals surface area contributed by atoms with E-state index in [1.165, 1.54) is 5.56 Å². The number of methoxy groups -OCH3 is 2. The highest BCUT2D eigenvalue weighted by molar-refractivity contribution is 5.32. The standard InChI is InChI=1S/C16H20N2O2/c1-17-14(16-15(20-3)5-4-10-18-16)11-12-6-8-13(19-2)9-7-12/h4-10,14,17H,11H2,1-3H3. The summed E-state index contributed by atoms with van der Waals surface area (Å²) in [6.45, 7) is 0. The Kier molecular flexibility index (Phi) is 4.96. The van der Waals surface area contributed by atoms with Crippen LogP contribution in [0.15, 0.2) is 42.6 Å². The molecule has 0 fully saturated rings. The summed E-state index contributed by atoms with van der Waals surface area (Å²) < 4.78 is 10.6. The molecule has 0 saturated carbocycles. The van der Waals surface area contributed by atoms with Crippen LogP contribution >= 0.6 is 0 Å². The Hall–Kier alpha value is -2.07. The third kappa shape index (κ3) is 3.27. The number of nitrogens with one attached hydrogen (secondary N) is 1. The van der Waals surface area contributed by atoms with E-state index in [4.69, 9.17) is 9.47 Å². The zero-order valence-corrected chi connectivity index (χ0v) is 12.1. The van der Waals surface area contributed by atoms with Gasteiger partial charge in [0.15, 0.2) is 0 Å². The highest BCUT2D eigenvalue weighted by atomic mass is 16.5. The van der Waals surface area contributed by atoms with Crippen molar-refractivity contribution in [3.05, 3.63) is 53.9 Å².